The van der Waals surface area contributed by atoms with Crippen molar-refractivity contribution in [3.63, 3.8) is 0 Å². The third-order valence-corrected chi connectivity index (χ3v) is 2.89. The van der Waals surface area contributed by atoms with Gasteiger partial charge in [-0.1, -0.05) is 25.4 Å². The number of nitrogens with zero attached hydrogens (tertiary/aromatic N) is 2. The summed E-state index contributed by atoms with van der Waals surface area (Å²) in [6.07, 6.45) is 1.14. The van der Waals surface area contributed by atoms with E-state index in [-0.39, 0.29) is 23.1 Å². The van der Waals surface area contributed by atoms with Crippen LogP contribution in [0.3, 0.4) is 0 Å². The second-order valence-electron chi connectivity index (χ2n) is 4.78. The van der Waals surface area contributed by atoms with E-state index in [9.17, 15) is 19.7 Å². The maximum atomic E-state index is 12.0. The van der Waals surface area contributed by atoms with Crippen molar-refractivity contribution in [2.75, 3.05) is 0 Å². The van der Waals surface area contributed by atoms with E-state index >= 15 is 0 Å². The van der Waals surface area contributed by atoms with Gasteiger partial charge in [0.1, 0.15) is 17.4 Å². The number of pyridine rings is 1. The molecule has 1 aromatic rings. The van der Waals surface area contributed by atoms with Crippen molar-refractivity contribution in [3.05, 3.63) is 33.1 Å². The number of carbonyl (C=O) groups is 2. The largest absolute Gasteiger partial charge is 0.480 e. The van der Waals surface area contributed by atoms with Gasteiger partial charge in [0.15, 0.2) is 0 Å². The van der Waals surface area contributed by atoms with Crippen LogP contribution in [-0.4, -0.2) is 32.9 Å². The van der Waals surface area contributed by atoms with Crippen LogP contribution in [0.5, 0.6) is 0 Å². The second kappa shape index (κ2) is 6.98. The van der Waals surface area contributed by atoms with Crippen LogP contribution >= 0.6 is 11.6 Å². The van der Waals surface area contributed by atoms with E-state index in [1.165, 1.54) is 0 Å². The maximum Gasteiger partial charge on any atom is 0.326 e. The monoisotopic (exact) mass is 315 g/mol. The molecule has 0 aliphatic heterocycles. The van der Waals surface area contributed by atoms with E-state index in [0.717, 1.165) is 12.3 Å². The second-order valence-corrected chi connectivity index (χ2v) is 5.14. The summed E-state index contributed by atoms with van der Waals surface area (Å²) in [5.74, 6) is -1.96. The van der Waals surface area contributed by atoms with Crippen LogP contribution in [0.2, 0.25) is 5.15 Å². The molecule has 0 spiro atoms. The number of carboxylic acids is 1. The maximum absolute atomic E-state index is 12.0. The Bertz CT molecular complexity index is 576. The van der Waals surface area contributed by atoms with Gasteiger partial charge in [-0.2, -0.15) is 0 Å². The molecular formula is C12H14ClN3O5. The molecule has 0 bridgehead atoms. The summed E-state index contributed by atoms with van der Waals surface area (Å²) in [7, 11) is 0. The molecule has 9 heteroatoms. The molecule has 21 heavy (non-hydrogen) atoms. The lowest BCUT2D eigenvalue weighted by Crippen LogP contribution is -2.41. The summed E-state index contributed by atoms with van der Waals surface area (Å²) in [6, 6.07) is -0.147. The zero-order valence-corrected chi connectivity index (χ0v) is 12.1. The van der Waals surface area contributed by atoms with E-state index in [2.05, 4.69) is 10.3 Å². The molecule has 0 saturated carbocycles. The van der Waals surface area contributed by atoms with Crippen molar-refractivity contribution in [1.29, 1.82) is 0 Å². The van der Waals surface area contributed by atoms with Gasteiger partial charge in [0, 0.05) is 6.07 Å². The van der Waals surface area contributed by atoms with E-state index in [0.29, 0.717) is 0 Å². The van der Waals surface area contributed by atoms with Gasteiger partial charge in [0.2, 0.25) is 0 Å². The first-order valence-electron chi connectivity index (χ1n) is 6.06. The molecule has 0 saturated heterocycles. The molecule has 0 unspecified atom stereocenters. The van der Waals surface area contributed by atoms with Gasteiger partial charge in [0.25, 0.3) is 11.6 Å². The van der Waals surface area contributed by atoms with Crippen LogP contribution in [0.1, 0.15) is 30.6 Å². The Morgan fingerprint density at radius 1 is 1.52 bits per heavy atom. The van der Waals surface area contributed by atoms with Crippen molar-refractivity contribution in [3.8, 4) is 0 Å². The van der Waals surface area contributed by atoms with Gasteiger partial charge in [-0.25, -0.2) is 9.78 Å². The van der Waals surface area contributed by atoms with Crippen LogP contribution in [0.15, 0.2) is 12.3 Å². The number of nitro groups is 1. The molecule has 0 aliphatic rings. The molecule has 1 atom stereocenters. The van der Waals surface area contributed by atoms with Crippen molar-refractivity contribution in [2.45, 2.75) is 26.3 Å². The smallest absolute Gasteiger partial charge is 0.326 e. The summed E-state index contributed by atoms with van der Waals surface area (Å²) < 4.78 is 0. The molecule has 0 aliphatic carbocycles. The lowest BCUT2D eigenvalue weighted by molar-refractivity contribution is -0.385. The van der Waals surface area contributed by atoms with E-state index in [1.54, 1.807) is 0 Å². The number of aromatic nitrogens is 1. The molecule has 2 N–H and O–H groups in total. The van der Waals surface area contributed by atoms with Crippen molar-refractivity contribution >= 4 is 29.2 Å². The molecule has 114 valence electrons. The lowest BCUT2D eigenvalue weighted by atomic mass is 10.0. The molecular weight excluding hydrogens is 302 g/mol. The fourth-order valence-corrected chi connectivity index (χ4v) is 1.81. The van der Waals surface area contributed by atoms with Crippen LogP contribution < -0.4 is 5.32 Å². The van der Waals surface area contributed by atoms with Gasteiger partial charge in [-0.3, -0.25) is 14.9 Å². The summed E-state index contributed by atoms with van der Waals surface area (Å²) >= 11 is 5.72. The minimum Gasteiger partial charge on any atom is -0.480 e. The number of carboxylic acid groups (broad SMARTS) is 1. The Balaban J connectivity index is 2.99. The molecule has 1 amide bonds. The van der Waals surface area contributed by atoms with E-state index in [4.69, 9.17) is 16.7 Å². The fourth-order valence-electron chi connectivity index (χ4n) is 1.63. The molecule has 0 aromatic carbocycles. The quantitative estimate of drug-likeness (QED) is 0.469. The summed E-state index contributed by atoms with van der Waals surface area (Å²) in [6.45, 7) is 3.62. The third-order valence-electron chi connectivity index (χ3n) is 2.59. The molecule has 1 aromatic heterocycles. The summed E-state index contributed by atoms with van der Waals surface area (Å²) in [5.41, 5.74) is -0.638. The SMILES string of the molecule is CC(C)C[C@@H](NC(=O)c1cc([N+](=O)[O-])cnc1Cl)C(=O)O. The average molecular weight is 316 g/mol. The zero-order chi connectivity index (χ0) is 16.2. The van der Waals surface area contributed by atoms with Crippen molar-refractivity contribution < 1.29 is 19.6 Å². The first-order chi connectivity index (χ1) is 9.72. The van der Waals surface area contributed by atoms with Gasteiger partial charge >= 0.3 is 5.97 Å². The predicted molar refractivity (Wildman–Crippen MR) is 74.2 cm³/mol. The number of halogens is 1. The van der Waals surface area contributed by atoms with E-state index < -0.39 is 28.5 Å². The number of hydrogen-bond acceptors (Lipinski definition) is 5. The van der Waals surface area contributed by atoms with Crippen LogP contribution in [0, 0.1) is 16.0 Å². The average Bonchev–Trinajstić information content (AvgIpc) is 2.37. The third kappa shape index (κ3) is 4.67. The highest BCUT2D eigenvalue weighted by molar-refractivity contribution is 6.32. The van der Waals surface area contributed by atoms with Crippen LogP contribution in [0.25, 0.3) is 0 Å². The highest BCUT2D eigenvalue weighted by Gasteiger charge is 2.24. The predicted octanol–water partition coefficient (Wildman–Crippen LogP) is 1.87. The normalized spacial score (nSPS) is 12.0. The van der Waals surface area contributed by atoms with Gasteiger partial charge in [-0.15, -0.1) is 0 Å². The minimum absolute atomic E-state index is 0.0464. The summed E-state index contributed by atoms with van der Waals surface area (Å²) in [5, 5.41) is 21.8. The number of carbonyl (C=O) groups excluding carboxylic acids is 1. The van der Waals surface area contributed by atoms with Gasteiger partial charge in [0.05, 0.1) is 10.5 Å². The minimum atomic E-state index is -1.19. The Kier molecular flexibility index (Phi) is 5.60. The Morgan fingerprint density at radius 2 is 2.14 bits per heavy atom. The summed E-state index contributed by atoms with van der Waals surface area (Å²) in [4.78, 5) is 36.6. The number of hydrogen-bond donors (Lipinski definition) is 2. The van der Waals surface area contributed by atoms with Gasteiger partial charge < -0.3 is 10.4 Å². The van der Waals surface area contributed by atoms with Crippen molar-refractivity contribution in [2.24, 2.45) is 5.92 Å². The Morgan fingerprint density at radius 3 is 2.62 bits per heavy atom. The first-order valence-corrected chi connectivity index (χ1v) is 6.43. The lowest BCUT2D eigenvalue weighted by Gasteiger charge is -2.16. The zero-order valence-electron chi connectivity index (χ0n) is 11.4. The number of amides is 1. The van der Waals surface area contributed by atoms with Crippen LogP contribution in [0.4, 0.5) is 5.69 Å². The number of aliphatic carboxylic acids is 1. The Labute approximate surface area is 125 Å². The van der Waals surface area contributed by atoms with E-state index in [1.807, 2.05) is 13.8 Å². The first kappa shape index (κ1) is 16.8. The van der Waals surface area contributed by atoms with Crippen molar-refractivity contribution in [1.82, 2.24) is 10.3 Å². The number of rotatable bonds is 6. The molecule has 0 fully saturated rings. The Hall–Kier alpha value is -2.22. The molecule has 8 nitrogen and oxygen atoms in total. The van der Waals surface area contributed by atoms with Gasteiger partial charge in [-0.05, 0) is 12.3 Å². The molecule has 1 rings (SSSR count). The standard InChI is InChI=1S/C12H14ClN3O5/c1-6(2)3-9(12(18)19)15-11(17)8-4-7(16(20)21)5-14-10(8)13/h4-6,9H,3H2,1-2H3,(H,15,17)(H,18,19)/t9-/m1/s1. The topological polar surface area (TPSA) is 122 Å². The fraction of sp³-hybridized carbons (Fsp3) is 0.417. The highest BCUT2D eigenvalue weighted by atomic mass is 35.5. The highest BCUT2D eigenvalue weighted by Crippen LogP contribution is 2.19. The molecule has 1 heterocycles. The van der Waals surface area contributed by atoms with Crippen LogP contribution in [-0.2, 0) is 4.79 Å². The molecule has 0 radical (unpaired) electrons. The number of nitrogens with one attached hydrogen (secondary N) is 1.